The van der Waals surface area contributed by atoms with Crippen molar-refractivity contribution < 1.29 is 17.6 Å². The summed E-state index contributed by atoms with van der Waals surface area (Å²) in [6.45, 7) is 5.17. The highest BCUT2D eigenvalue weighted by Gasteiger charge is 2.36. The molecule has 2 aromatic carbocycles. The first-order chi connectivity index (χ1) is 13.8. The molecule has 0 atom stereocenters. The number of anilines is 1. The lowest BCUT2D eigenvalue weighted by molar-refractivity contribution is -0.139. The van der Waals surface area contributed by atoms with Crippen molar-refractivity contribution in [1.82, 2.24) is 14.5 Å². The predicted molar refractivity (Wildman–Crippen MR) is 109 cm³/mol. The molecule has 9 heteroatoms. The first-order valence-electron chi connectivity index (χ1n) is 9.18. The van der Waals surface area contributed by atoms with Gasteiger partial charge in [0.2, 0.25) is 0 Å². The van der Waals surface area contributed by atoms with Crippen molar-refractivity contribution in [3.8, 4) is 11.3 Å². The van der Waals surface area contributed by atoms with E-state index in [1.165, 1.54) is 13.0 Å². The highest BCUT2D eigenvalue weighted by molar-refractivity contribution is 7.96. The molecule has 0 spiro atoms. The van der Waals surface area contributed by atoms with Crippen LogP contribution in [0, 0.1) is 12.7 Å². The lowest BCUT2D eigenvalue weighted by Gasteiger charge is -2.34. The molecule has 0 amide bonds. The molecule has 0 saturated carbocycles. The number of fused-ring (bicyclic) bond motifs is 1. The van der Waals surface area contributed by atoms with Crippen molar-refractivity contribution in [3.63, 3.8) is 0 Å². The maximum atomic E-state index is 14.7. The number of nitrogens with zero attached hydrogens (tertiary/aromatic N) is 3. The third-order valence-corrected chi connectivity index (χ3v) is 6.07. The number of aryl methyl sites for hydroxylation is 1. The van der Waals surface area contributed by atoms with Gasteiger partial charge in [-0.05, 0) is 49.1 Å². The van der Waals surface area contributed by atoms with Crippen LogP contribution in [0.1, 0.15) is 11.1 Å². The zero-order valence-corrected chi connectivity index (χ0v) is 16.8. The van der Waals surface area contributed by atoms with Crippen molar-refractivity contribution in [2.75, 3.05) is 37.3 Å². The first kappa shape index (κ1) is 20.0. The highest BCUT2D eigenvalue weighted by Crippen LogP contribution is 2.38. The SMILES string of the molecule is CSN1CCN(c2ccc3c(-c4cc(C)cc(C(F)(F)F)c4F)n[nH]c3c2)CC1. The van der Waals surface area contributed by atoms with Crippen LogP contribution in [0.3, 0.4) is 0 Å². The molecule has 2 heterocycles. The van der Waals surface area contributed by atoms with Gasteiger partial charge in [0.05, 0.1) is 11.1 Å². The second-order valence-corrected chi connectivity index (χ2v) is 7.95. The molecule has 0 radical (unpaired) electrons. The number of rotatable bonds is 3. The smallest absolute Gasteiger partial charge is 0.369 e. The van der Waals surface area contributed by atoms with Gasteiger partial charge < -0.3 is 4.90 Å². The van der Waals surface area contributed by atoms with Crippen molar-refractivity contribution in [2.45, 2.75) is 13.1 Å². The number of H-pyrrole nitrogens is 1. The molecule has 29 heavy (non-hydrogen) atoms. The van der Waals surface area contributed by atoms with E-state index in [1.807, 2.05) is 12.1 Å². The van der Waals surface area contributed by atoms with Gasteiger partial charge in [-0.1, -0.05) is 11.9 Å². The van der Waals surface area contributed by atoms with E-state index >= 15 is 0 Å². The van der Waals surface area contributed by atoms with Crippen LogP contribution in [0.5, 0.6) is 0 Å². The van der Waals surface area contributed by atoms with Crippen LogP contribution in [0.25, 0.3) is 22.2 Å². The average molecular weight is 424 g/mol. The molecule has 4 rings (SSSR count). The number of hydrogen-bond acceptors (Lipinski definition) is 4. The Morgan fingerprint density at radius 1 is 1.07 bits per heavy atom. The standard InChI is InChI=1S/C20H20F4N4S/c1-12-9-15(18(21)16(10-12)20(22,23)24)19-14-4-3-13(11-17(14)25-26-19)27-5-7-28(29-2)8-6-27/h3-4,9-11H,5-8H2,1-2H3,(H,25,26). The number of aromatic amines is 1. The summed E-state index contributed by atoms with van der Waals surface area (Å²) < 4.78 is 56.6. The van der Waals surface area contributed by atoms with E-state index in [-0.39, 0.29) is 11.3 Å². The Labute approximate surface area is 170 Å². The van der Waals surface area contributed by atoms with E-state index in [2.05, 4.69) is 25.7 Å². The van der Waals surface area contributed by atoms with Crippen LogP contribution in [0.4, 0.5) is 23.2 Å². The largest absolute Gasteiger partial charge is 0.419 e. The zero-order valence-electron chi connectivity index (χ0n) is 16.0. The molecule has 1 aliphatic heterocycles. The normalized spacial score (nSPS) is 16.0. The minimum absolute atomic E-state index is 0.148. The number of hydrogen-bond donors (Lipinski definition) is 1. The van der Waals surface area contributed by atoms with Gasteiger partial charge in [0, 0.05) is 42.8 Å². The van der Waals surface area contributed by atoms with Crippen LogP contribution < -0.4 is 4.90 Å². The number of alkyl halides is 3. The Morgan fingerprint density at radius 2 is 1.79 bits per heavy atom. The summed E-state index contributed by atoms with van der Waals surface area (Å²) in [5.41, 5.74) is 0.767. The molecule has 0 unspecified atom stereocenters. The van der Waals surface area contributed by atoms with Gasteiger partial charge in [0.1, 0.15) is 11.5 Å². The average Bonchev–Trinajstić information content (AvgIpc) is 3.11. The van der Waals surface area contributed by atoms with Crippen LogP contribution >= 0.6 is 11.9 Å². The van der Waals surface area contributed by atoms with Gasteiger partial charge in [-0.3, -0.25) is 5.10 Å². The molecular weight excluding hydrogens is 404 g/mol. The second-order valence-electron chi connectivity index (χ2n) is 7.07. The molecule has 0 bridgehead atoms. The molecule has 1 N–H and O–H groups in total. The summed E-state index contributed by atoms with van der Waals surface area (Å²) in [4.78, 5) is 2.25. The van der Waals surface area contributed by atoms with E-state index < -0.39 is 17.6 Å². The maximum Gasteiger partial charge on any atom is 0.419 e. The maximum absolute atomic E-state index is 14.7. The fourth-order valence-electron chi connectivity index (χ4n) is 3.69. The van der Waals surface area contributed by atoms with Crippen molar-refractivity contribution in [2.24, 2.45) is 0 Å². The topological polar surface area (TPSA) is 35.2 Å². The molecule has 1 saturated heterocycles. The fraction of sp³-hybridized carbons (Fsp3) is 0.350. The number of aromatic nitrogens is 2. The van der Waals surface area contributed by atoms with Crippen LogP contribution in [-0.4, -0.2) is 46.9 Å². The summed E-state index contributed by atoms with van der Waals surface area (Å²) >= 11 is 1.73. The Bertz CT molecular complexity index is 1040. The van der Waals surface area contributed by atoms with Crippen LogP contribution in [0.15, 0.2) is 30.3 Å². The van der Waals surface area contributed by atoms with Crippen molar-refractivity contribution in [3.05, 3.63) is 47.3 Å². The molecule has 3 aromatic rings. The van der Waals surface area contributed by atoms with E-state index in [0.717, 1.165) is 37.9 Å². The van der Waals surface area contributed by atoms with E-state index in [4.69, 9.17) is 0 Å². The predicted octanol–water partition coefficient (Wildman–Crippen LogP) is 5.10. The molecule has 154 valence electrons. The van der Waals surface area contributed by atoms with Crippen LogP contribution in [-0.2, 0) is 6.18 Å². The lowest BCUT2D eigenvalue weighted by atomic mass is 10.0. The molecule has 1 fully saturated rings. The Kier molecular flexibility index (Phi) is 5.20. The highest BCUT2D eigenvalue weighted by atomic mass is 32.2. The molecule has 1 aromatic heterocycles. The monoisotopic (exact) mass is 424 g/mol. The third-order valence-electron chi connectivity index (χ3n) is 5.19. The number of piperazine rings is 1. The lowest BCUT2D eigenvalue weighted by Crippen LogP contribution is -2.43. The Hall–Kier alpha value is -2.26. The zero-order chi connectivity index (χ0) is 20.8. The second kappa shape index (κ2) is 7.53. The number of benzene rings is 2. The van der Waals surface area contributed by atoms with Crippen molar-refractivity contribution >= 4 is 28.5 Å². The molecule has 1 aliphatic rings. The van der Waals surface area contributed by atoms with E-state index in [9.17, 15) is 17.6 Å². The molecule has 0 aliphatic carbocycles. The number of halogens is 4. The van der Waals surface area contributed by atoms with E-state index in [1.54, 1.807) is 18.0 Å². The van der Waals surface area contributed by atoms with Crippen molar-refractivity contribution in [1.29, 1.82) is 0 Å². The van der Waals surface area contributed by atoms with Crippen LogP contribution in [0.2, 0.25) is 0 Å². The molecular formula is C20H20F4N4S. The first-order valence-corrected chi connectivity index (χ1v) is 10.4. The fourth-order valence-corrected chi connectivity index (χ4v) is 4.21. The summed E-state index contributed by atoms with van der Waals surface area (Å²) in [5, 5.41) is 7.58. The van der Waals surface area contributed by atoms with Gasteiger partial charge in [-0.25, -0.2) is 8.70 Å². The summed E-state index contributed by atoms with van der Waals surface area (Å²) in [6.07, 6.45) is -2.70. The quantitative estimate of drug-likeness (QED) is 0.469. The summed E-state index contributed by atoms with van der Waals surface area (Å²) in [5.74, 6) is -1.30. The number of nitrogens with one attached hydrogen (secondary N) is 1. The molecule has 4 nitrogen and oxygen atoms in total. The minimum Gasteiger partial charge on any atom is -0.369 e. The summed E-state index contributed by atoms with van der Waals surface area (Å²) in [7, 11) is 0. The van der Waals surface area contributed by atoms with Gasteiger partial charge in [-0.15, -0.1) is 0 Å². The Balaban J connectivity index is 1.72. The van der Waals surface area contributed by atoms with Gasteiger partial charge >= 0.3 is 6.18 Å². The third kappa shape index (κ3) is 3.81. The van der Waals surface area contributed by atoms with Gasteiger partial charge in [-0.2, -0.15) is 18.3 Å². The minimum atomic E-state index is -4.76. The van der Waals surface area contributed by atoms with E-state index in [0.29, 0.717) is 16.5 Å². The van der Waals surface area contributed by atoms with Gasteiger partial charge in [0.15, 0.2) is 0 Å². The van der Waals surface area contributed by atoms with Gasteiger partial charge in [0.25, 0.3) is 0 Å². The Morgan fingerprint density at radius 3 is 2.45 bits per heavy atom. The summed E-state index contributed by atoms with van der Waals surface area (Å²) in [6, 6.07) is 7.84.